The van der Waals surface area contributed by atoms with Gasteiger partial charge in [-0.05, 0) is 0 Å². The molecule has 0 atom stereocenters. The lowest BCUT2D eigenvalue weighted by Crippen LogP contribution is -2.40. The minimum atomic E-state index is 0.0851. The maximum atomic E-state index is 12.2. The Balaban J connectivity index is 2.12. The van der Waals surface area contributed by atoms with Crippen LogP contribution in [0.5, 0.6) is 0 Å². The van der Waals surface area contributed by atoms with Crippen LogP contribution in [-0.2, 0) is 0 Å². The molecule has 9 nitrogen and oxygen atoms in total. The van der Waals surface area contributed by atoms with E-state index < -0.39 is 0 Å². The third-order valence-electron chi connectivity index (χ3n) is 3.81. The zero-order chi connectivity index (χ0) is 17.6. The molecular weight excluding hydrogens is 308 g/mol. The predicted octanol–water partition coefficient (Wildman–Crippen LogP) is -1.79. The van der Waals surface area contributed by atoms with E-state index in [1.54, 1.807) is 4.90 Å². The summed E-state index contributed by atoms with van der Waals surface area (Å²) in [6.45, 7) is 7.60. The van der Waals surface area contributed by atoms with Crippen LogP contribution in [0.1, 0.15) is 0 Å². The first-order valence-corrected chi connectivity index (χ1v) is 8.34. The van der Waals surface area contributed by atoms with Gasteiger partial charge in [-0.15, -0.1) is 0 Å². The minimum absolute atomic E-state index is 0.0851. The molecule has 134 valence electrons. The fourth-order valence-corrected chi connectivity index (χ4v) is 2.48. The highest BCUT2D eigenvalue weighted by Crippen LogP contribution is 2.06. The molecule has 1 rings (SSSR count). The van der Waals surface area contributed by atoms with Crippen molar-refractivity contribution in [3.63, 3.8) is 0 Å². The summed E-state index contributed by atoms with van der Waals surface area (Å²) in [6.07, 6.45) is 0. The summed E-state index contributed by atoms with van der Waals surface area (Å²) in [4.78, 5) is 17.7. The molecule has 9 heteroatoms. The Kier molecular flexibility index (Phi) is 10.5. The molecule has 1 fully saturated rings. The van der Waals surface area contributed by atoms with E-state index in [1.807, 2.05) is 9.80 Å². The van der Waals surface area contributed by atoms with Crippen molar-refractivity contribution in [2.24, 2.45) is 5.73 Å². The molecule has 0 radical (unpaired) electrons. The number of rotatable bonds is 13. The van der Waals surface area contributed by atoms with Crippen LogP contribution < -0.4 is 16.4 Å². The topological polar surface area (TPSA) is 124 Å². The number of carbonyl (C=O) groups is 1. The molecule has 1 aliphatic rings. The summed E-state index contributed by atoms with van der Waals surface area (Å²) in [5.41, 5.74) is 5.41. The Hall–Kier alpha value is -1.91. The number of carbonyl (C=O) groups excluding carboxylic acids is 1. The van der Waals surface area contributed by atoms with Crippen LogP contribution in [-0.4, -0.2) is 99.3 Å². The Morgan fingerprint density at radius 3 is 2.04 bits per heavy atom. The highest BCUT2D eigenvalue weighted by atomic mass is 16.2. The summed E-state index contributed by atoms with van der Waals surface area (Å²) in [5.74, 6) is 0. The molecule has 0 bridgehead atoms. The first-order chi connectivity index (χ1) is 11.7. The van der Waals surface area contributed by atoms with Crippen molar-refractivity contribution in [1.82, 2.24) is 25.3 Å². The number of hydrogen-bond donors (Lipinski definition) is 3. The van der Waals surface area contributed by atoms with Crippen molar-refractivity contribution in [2.75, 3.05) is 78.5 Å². The highest BCUT2D eigenvalue weighted by molar-refractivity contribution is 5.76. The van der Waals surface area contributed by atoms with Gasteiger partial charge in [-0.3, -0.25) is 4.90 Å². The molecule has 0 unspecified atom stereocenters. The molecule has 1 saturated heterocycles. The van der Waals surface area contributed by atoms with Gasteiger partial charge in [0.2, 0.25) is 0 Å². The normalized spacial score (nSPS) is 14.2. The summed E-state index contributed by atoms with van der Waals surface area (Å²) in [6, 6.07) is 4.19. The average Bonchev–Trinajstić information content (AvgIpc) is 2.92. The second-order valence-corrected chi connectivity index (χ2v) is 5.57. The van der Waals surface area contributed by atoms with E-state index >= 15 is 0 Å². The van der Waals surface area contributed by atoms with Gasteiger partial charge in [0.05, 0.1) is 25.2 Å². The smallest absolute Gasteiger partial charge is 0.320 e. The molecule has 1 heterocycles. The van der Waals surface area contributed by atoms with Gasteiger partial charge in [0, 0.05) is 65.4 Å². The van der Waals surface area contributed by atoms with Crippen LogP contribution in [0.3, 0.4) is 0 Å². The molecule has 0 saturated carbocycles. The number of urea groups is 1. The van der Waals surface area contributed by atoms with Crippen LogP contribution in [0, 0.1) is 22.7 Å². The third kappa shape index (κ3) is 7.57. The Morgan fingerprint density at radius 1 is 1.00 bits per heavy atom. The van der Waals surface area contributed by atoms with Crippen LogP contribution in [0.25, 0.3) is 0 Å². The maximum Gasteiger partial charge on any atom is 0.320 e. The summed E-state index contributed by atoms with van der Waals surface area (Å²) in [5, 5.41) is 23.8. The second kappa shape index (κ2) is 12.5. The number of nitrogens with zero attached hydrogens (tertiary/aromatic N) is 5. The summed E-state index contributed by atoms with van der Waals surface area (Å²) in [7, 11) is 0. The number of nitriles is 2. The molecule has 0 aromatic carbocycles. The molecule has 2 amide bonds. The third-order valence-corrected chi connectivity index (χ3v) is 3.81. The van der Waals surface area contributed by atoms with Gasteiger partial charge < -0.3 is 26.2 Å². The maximum absolute atomic E-state index is 12.2. The first-order valence-electron chi connectivity index (χ1n) is 8.34. The fraction of sp³-hybridized carbons (Fsp3) is 0.800. The van der Waals surface area contributed by atoms with E-state index in [0.29, 0.717) is 39.3 Å². The van der Waals surface area contributed by atoms with E-state index in [-0.39, 0.29) is 19.1 Å². The molecule has 4 N–H and O–H groups in total. The molecule has 0 spiro atoms. The van der Waals surface area contributed by atoms with Crippen molar-refractivity contribution in [3.05, 3.63) is 0 Å². The zero-order valence-electron chi connectivity index (χ0n) is 14.2. The number of nitrogens with two attached hydrogens (primary N) is 1. The Morgan fingerprint density at radius 2 is 1.54 bits per heavy atom. The van der Waals surface area contributed by atoms with Crippen LogP contribution in [0.4, 0.5) is 4.79 Å². The van der Waals surface area contributed by atoms with Gasteiger partial charge >= 0.3 is 6.03 Å². The van der Waals surface area contributed by atoms with Crippen molar-refractivity contribution in [3.8, 4) is 12.1 Å². The van der Waals surface area contributed by atoms with Crippen molar-refractivity contribution < 1.29 is 4.79 Å². The minimum Gasteiger partial charge on any atom is -0.329 e. The lowest BCUT2D eigenvalue weighted by atomic mass is 10.4. The van der Waals surface area contributed by atoms with Gasteiger partial charge in [0.1, 0.15) is 0 Å². The SMILES string of the molecule is N#CCN(CC#N)CCNCCN1CCN(CCNCCN)C1=O. The molecule has 0 aromatic heterocycles. The lowest BCUT2D eigenvalue weighted by molar-refractivity contribution is 0.192. The molecular formula is C15H28N8O. The van der Waals surface area contributed by atoms with Gasteiger partial charge in [-0.2, -0.15) is 10.5 Å². The predicted molar refractivity (Wildman–Crippen MR) is 91.0 cm³/mol. The standard InChI is InChI=1S/C15H28N8O/c16-1-4-19-6-11-22-13-14-23(15(22)24)12-7-20-5-10-21(8-2-17)9-3-18/h19-20H,1,4-14,16H2. The quantitative estimate of drug-likeness (QED) is 0.268. The molecule has 0 aromatic rings. The molecule has 1 aliphatic heterocycles. The Bertz CT molecular complexity index is 428. The van der Waals surface area contributed by atoms with Crippen molar-refractivity contribution >= 4 is 6.03 Å². The van der Waals surface area contributed by atoms with E-state index in [1.165, 1.54) is 0 Å². The summed E-state index contributed by atoms with van der Waals surface area (Å²) < 4.78 is 0. The van der Waals surface area contributed by atoms with Gasteiger partial charge in [0.15, 0.2) is 0 Å². The lowest BCUT2D eigenvalue weighted by Gasteiger charge is -2.19. The summed E-state index contributed by atoms with van der Waals surface area (Å²) >= 11 is 0. The number of hydrogen-bond acceptors (Lipinski definition) is 7. The van der Waals surface area contributed by atoms with Crippen LogP contribution >= 0.6 is 0 Å². The van der Waals surface area contributed by atoms with E-state index in [2.05, 4.69) is 22.8 Å². The number of amides is 2. The second-order valence-electron chi connectivity index (χ2n) is 5.57. The van der Waals surface area contributed by atoms with Crippen molar-refractivity contribution in [2.45, 2.75) is 0 Å². The van der Waals surface area contributed by atoms with Crippen LogP contribution in [0.15, 0.2) is 0 Å². The first kappa shape index (κ1) is 20.1. The number of nitrogens with one attached hydrogen (secondary N) is 2. The average molecular weight is 336 g/mol. The monoisotopic (exact) mass is 336 g/mol. The molecule has 24 heavy (non-hydrogen) atoms. The largest absolute Gasteiger partial charge is 0.329 e. The van der Waals surface area contributed by atoms with E-state index in [9.17, 15) is 4.79 Å². The van der Waals surface area contributed by atoms with Gasteiger partial charge in [0.25, 0.3) is 0 Å². The fourth-order valence-electron chi connectivity index (χ4n) is 2.48. The Labute approximate surface area is 144 Å². The van der Waals surface area contributed by atoms with Gasteiger partial charge in [-0.1, -0.05) is 0 Å². The van der Waals surface area contributed by atoms with Crippen LogP contribution in [0.2, 0.25) is 0 Å². The molecule has 0 aliphatic carbocycles. The van der Waals surface area contributed by atoms with Crippen molar-refractivity contribution in [1.29, 1.82) is 10.5 Å². The van der Waals surface area contributed by atoms with Gasteiger partial charge in [-0.25, -0.2) is 4.79 Å². The zero-order valence-corrected chi connectivity index (χ0v) is 14.2. The highest BCUT2D eigenvalue weighted by Gasteiger charge is 2.27. The van der Waals surface area contributed by atoms with E-state index in [4.69, 9.17) is 16.3 Å². The van der Waals surface area contributed by atoms with E-state index in [0.717, 1.165) is 26.2 Å².